The summed E-state index contributed by atoms with van der Waals surface area (Å²) in [5.41, 5.74) is 5.74. The number of carbonyl (C=O) groups is 1. The van der Waals surface area contributed by atoms with Crippen molar-refractivity contribution in [3.63, 3.8) is 0 Å². The molecule has 56 valence electrons. The van der Waals surface area contributed by atoms with Crippen LogP contribution in [-0.2, 0) is 7.05 Å². The minimum absolute atomic E-state index is 0.271. The first-order chi connectivity index (χ1) is 5.16. The van der Waals surface area contributed by atoms with E-state index in [1.807, 2.05) is 0 Å². The lowest BCUT2D eigenvalue weighted by Gasteiger charge is -1.94. The fourth-order valence-electron chi connectivity index (χ4n) is 0.835. The number of aryl methyl sites for hydroxylation is 1. The van der Waals surface area contributed by atoms with Gasteiger partial charge in [-0.25, -0.2) is 0 Å². The summed E-state index contributed by atoms with van der Waals surface area (Å²) in [5.74, 6) is 1.76. The van der Waals surface area contributed by atoms with Crippen molar-refractivity contribution in [2.24, 2.45) is 12.8 Å². The van der Waals surface area contributed by atoms with Crippen molar-refractivity contribution in [1.82, 2.24) is 9.78 Å². The number of rotatable bonds is 1. The van der Waals surface area contributed by atoms with Gasteiger partial charge in [0.2, 0.25) is 0 Å². The highest BCUT2D eigenvalue weighted by atomic mass is 16.1. The van der Waals surface area contributed by atoms with E-state index < -0.39 is 5.91 Å². The van der Waals surface area contributed by atoms with Crippen molar-refractivity contribution in [1.29, 1.82) is 0 Å². The molecule has 1 heterocycles. The Bertz CT molecular complexity index is 332. The molecule has 0 aliphatic carbocycles. The quantitative estimate of drug-likeness (QED) is 0.547. The van der Waals surface area contributed by atoms with Gasteiger partial charge in [0.25, 0.3) is 5.91 Å². The van der Waals surface area contributed by atoms with Crippen LogP contribution in [0.1, 0.15) is 16.1 Å². The van der Waals surface area contributed by atoms with Gasteiger partial charge in [-0.2, -0.15) is 5.10 Å². The van der Waals surface area contributed by atoms with E-state index in [4.69, 9.17) is 12.2 Å². The van der Waals surface area contributed by atoms with Crippen molar-refractivity contribution in [2.45, 2.75) is 0 Å². The Labute approximate surface area is 64.0 Å². The summed E-state index contributed by atoms with van der Waals surface area (Å²) >= 11 is 0. The predicted molar refractivity (Wildman–Crippen MR) is 39.7 cm³/mol. The number of amides is 1. The maximum absolute atomic E-state index is 10.7. The lowest BCUT2D eigenvalue weighted by Crippen LogP contribution is -2.17. The smallest absolute Gasteiger partial charge is 0.268 e. The van der Waals surface area contributed by atoms with E-state index in [2.05, 4.69) is 11.0 Å². The van der Waals surface area contributed by atoms with Crippen molar-refractivity contribution >= 4 is 5.91 Å². The second-order valence-electron chi connectivity index (χ2n) is 2.04. The molecule has 1 aromatic rings. The van der Waals surface area contributed by atoms with Crippen LogP contribution < -0.4 is 5.73 Å². The lowest BCUT2D eigenvalue weighted by atomic mass is 10.2. The first kappa shape index (κ1) is 7.35. The third kappa shape index (κ3) is 1.08. The van der Waals surface area contributed by atoms with E-state index in [1.54, 1.807) is 7.05 Å². The fourth-order valence-corrected chi connectivity index (χ4v) is 0.835. The molecule has 0 aliphatic heterocycles. The Kier molecular flexibility index (Phi) is 1.65. The van der Waals surface area contributed by atoms with E-state index >= 15 is 0 Å². The molecule has 1 amide bonds. The third-order valence-electron chi connectivity index (χ3n) is 1.33. The second-order valence-corrected chi connectivity index (χ2v) is 2.04. The minimum atomic E-state index is -0.557. The molecule has 0 unspecified atom stereocenters. The van der Waals surface area contributed by atoms with Crippen molar-refractivity contribution < 1.29 is 4.79 Å². The third-order valence-corrected chi connectivity index (χ3v) is 1.33. The molecule has 0 radical (unpaired) electrons. The molecule has 0 spiro atoms. The number of carbonyl (C=O) groups excluding carboxylic acids is 1. The van der Waals surface area contributed by atoms with Crippen LogP contribution in [0.15, 0.2) is 6.20 Å². The molecule has 11 heavy (non-hydrogen) atoms. The molecule has 4 nitrogen and oxygen atoms in total. The molecular formula is C7H7N3O. The normalized spacial score (nSPS) is 9.09. The van der Waals surface area contributed by atoms with Gasteiger partial charge < -0.3 is 5.73 Å². The van der Waals surface area contributed by atoms with Crippen molar-refractivity contribution in [3.8, 4) is 12.3 Å². The summed E-state index contributed by atoms with van der Waals surface area (Å²) < 4.78 is 1.36. The largest absolute Gasteiger partial charge is 0.364 e. The van der Waals surface area contributed by atoms with Gasteiger partial charge in [0, 0.05) is 7.05 Å². The molecular weight excluding hydrogens is 142 g/mol. The number of aromatic nitrogens is 2. The number of nitrogens with zero attached hydrogens (tertiary/aromatic N) is 2. The maximum atomic E-state index is 10.7. The predicted octanol–water partition coefficient (Wildman–Crippen LogP) is -0.500. The zero-order chi connectivity index (χ0) is 8.43. The van der Waals surface area contributed by atoms with E-state index in [-0.39, 0.29) is 5.69 Å². The standard InChI is InChI=1S/C7H7N3O/c1-3-5-4-9-10(2)6(5)7(8)11/h1,4H,2H3,(H2,8,11). The number of primary amides is 1. The first-order valence-electron chi connectivity index (χ1n) is 2.95. The van der Waals surface area contributed by atoms with Gasteiger partial charge >= 0.3 is 0 Å². The van der Waals surface area contributed by atoms with Crippen LogP contribution in [0.2, 0.25) is 0 Å². The van der Waals surface area contributed by atoms with Crippen LogP contribution in [0, 0.1) is 12.3 Å². The molecule has 0 aromatic carbocycles. The molecule has 0 bridgehead atoms. The molecule has 0 saturated carbocycles. The molecule has 0 atom stereocenters. The maximum Gasteiger partial charge on any atom is 0.268 e. The van der Waals surface area contributed by atoms with E-state index in [0.29, 0.717) is 5.56 Å². The zero-order valence-electron chi connectivity index (χ0n) is 6.03. The number of nitrogens with two attached hydrogens (primary N) is 1. The lowest BCUT2D eigenvalue weighted by molar-refractivity contribution is 0.0991. The highest BCUT2D eigenvalue weighted by Gasteiger charge is 2.10. The Morgan fingerprint density at radius 1 is 1.91 bits per heavy atom. The van der Waals surface area contributed by atoms with Crippen molar-refractivity contribution in [2.75, 3.05) is 0 Å². The van der Waals surface area contributed by atoms with Crippen LogP contribution in [-0.4, -0.2) is 15.7 Å². The van der Waals surface area contributed by atoms with E-state index in [0.717, 1.165) is 0 Å². The summed E-state index contributed by atoms with van der Waals surface area (Å²) in [6.07, 6.45) is 6.52. The highest BCUT2D eigenvalue weighted by Crippen LogP contribution is 2.03. The highest BCUT2D eigenvalue weighted by molar-refractivity contribution is 5.93. The van der Waals surface area contributed by atoms with Gasteiger partial charge in [0.1, 0.15) is 5.69 Å². The molecule has 1 rings (SSSR count). The Hall–Kier alpha value is -1.76. The number of hydrogen-bond acceptors (Lipinski definition) is 2. The number of hydrogen-bond donors (Lipinski definition) is 1. The summed E-state index contributed by atoms with van der Waals surface area (Å²) in [6, 6.07) is 0. The van der Waals surface area contributed by atoms with Gasteiger partial charge in [-0.1, -0.05) is 5.92 Å². The van der Waals surface area contributed by atoms with Gasteiger partial charge in [-0.15, -0.1) is 6.42 Å². The number of terminal acetylenes is 1. The fraction of sp³-hybridized carbons (Fsp3) is 0.143. The Morgan fingerprint density at radius 2 is 2.55 bits per heavy atom. The topological polar surface area (TPSA) is 60.9 Å². The molecule has 4 heteroatoms. The summed E-state index contributed by atoms with van der Waals surface area (Å²) in [4.78, 5) is 10.7. The van der Waals surface area contributed by atoms with Crippen LogP contribution in [0.5, 0.6) is 0 Å². The van der Waals surface area contributed by atoms with Gasteiger partial charge in [0.15, 0.2) is 0 Å². The average molecular weight is 149 g/mol. The van der Waals surface area contributed by atoms with Crippen LogP contribution in [0.25, 0.3) is 0 Å². The average Bonchev–Trinajstić information content (AvgIpc) is 2.30. The summed E-state index contributed by atoms with van der Waals surface area (Å²) in [6.45, 7) is 0. The Morgan fingerprint density at radius 3 is 2.91 bits per heavy atom. The molecule has 1 aromatic heterocycles. The second kappa shape index (κ2) is 2.46. The van der Waals surface area contributed by atoms with Gasteiger partial charge in [-0.05, 0) is 0 Å². The van der Waals surface area contributed by atoms with E-state index in [9.17, 15) is 4.79 Å². The summed E-state index contributed by atoms with van der Waals surface area (Å²) in [5, 5.41) is 3.78. The van der Waals surface area contributed by atoms with Crippen molar-refractivity contribution in [3.05, 3.63) is 17.5 Å². The Balaban J connectivity index is 3.32. The van der Waals surface area contributed by atoms with E-state index in [1.165, 1.54) is 10.9 Å². The zero-order valence-corrected chi connectivity index (χ0v) is 6.03. The van der Waals surface area contributed by atoms with Crippen LogP contribution >= 0.6 is 0 Å². The van der Waals surface area contributed by atoms with Crippen LogP contribution in [0.4, 0.5) is 0 Å². The molecule has 2 N–H and O–H groups in total. The van der Waals surface area contributed by atoms with Gasteiger partial charge in [-0.3, -0.25) is 9.48 Å². The SMILES string of the molecule is C#Cc1cnn(C)c1C(N)=O. The minimum Gasteiger partial charge on any atom is -0.364 e. The monoisotopic (exact) mass is 149 g/mol. The molecule has 0 aliphatic rings. The first-order valence-corrected chi connectivity index (χ1v) is 2.95. The molecule has 0 fully saturated rings. The van der Waals surface area contributed by atoms with Crippen LogP contribution in [0.3, 0.4) is 0 Å². The summed E-state index contributed by atoms with van der Waals surface area (Å²) in [7, 11) is 1.61. The van der Waals surface area contributed by atoms with Gasteiger partial charge in [0.05, 0.1) is 11.8 Å². The molecule has 0 saturated heterocycles.